The Morgan fingerprint density at radius 2 is 0.882 bits per heavy atom. The molecule has 0 aliphatic heterocycles. The summed E-state index contributed by atoms with van der Waals surface area (Å²) < 4.78 is 0. The van der Waals surface area contributed by atoms with Crippen LogP contribution in [0.3, 0.4) is 0 Å². The van der Waals surface area contributed by atoms with Crippen molar-refractivity contribution in [3.8, 4) is 0 Å². The zero-order valence-corrected chi connectivity index (χ0v) is 18.3. The van der Waals surface area contributed by atoms with Gasteiger partial charge in [0.05, 0.1) is 11.5 Å². The molecule has 0 bridgehead atoms. The van der Waals surface area contributed by atoms with Crippen LogP contribution in [0.4, 0.5) is 0 Å². The Morgan fingerprint density at radius 1 is 0.471 bits per heavy atom. The molecule has 2 aliphatic rings. The first-order chi connectivity index (χ1) is 16.7. The third-order valence-electron chi connectivity index (χ3n) is 6.87. The molecule has 0 aromatic heterocycles. The van der Waals surface area contributed by atoms with Gasteiger partial charge in [0.2, 0.25) is 0 Å². The molecule has 4 aromatic rings. The van der Waals surface area contributed by atoms with Crippen molar-refractivity contribution < 1.29 is 14.4 Å². The zero-order chi connectivity index (χ0) is 23.2. The van der Waals surface area contributed by atoms with E-state index < -0.39 is 5.92 Å². The monoisotopic (exact) mass is 440 g/mol. The predicted molar refractivity (Wildman–Crippen MR) is 131 cm³/mol. The molecule has 162 valence electrons. The van der Waals surface area contributed by atoms with Gasteiger partial charge in [-0.25, -0.2) is 0 Å². The van der Waals surface area contributed by atoms with Crippen molar-refractivity contribution in [2.75, 3.05) is 0 Å². The molecular formula is C31H20O3. The van der Waals surface area contributed by atoms with E-state index in [0.29, 0.717) is 27.8 Å². The van der Waals surface area contributed by atoms with Crippen LogP contribution in [0.2, 0.25) is 0 Å². The number of fused-ring (bicyclic) bond motifs is 2. The van der Waals surface area contributed by atoms with E-state index in [0.717, 1.165) is 11.1 Å². The van der Waals surface area contributed by atoms with Gasteiger partial charge in [-0.05, 0) is 22.3 Å². The lowest BCUT2D eigenvalue weighted by molar-refractivity contribution is 0.0950. The van der Waals surface area contributed by atoms with Crippen LogP contribution >= 0.6 is 0 Å². The van der Waals surface area contributed by atoms with Crippen LogP contribution < -0.4 is 0 Å². The standard InChI is InChI=1S/C31H20O3/c32-29-22-16-8-7-15-21(22)26(28-30(33)23-17-9-10-18-24(23)31(28)34)27(29)25(19-11-3-1-4-12-19)20-13-5-2-6-14-20/h1-18,25,27H/t27-/m0/s1. The molecule has 0 spiro atoms. The predicted octanol–water partition coefficient (Wildman–Crippen LogP) is 6.16. The number of carbonyl (C=O) groups excluding carboxylic acids is 3. The highest BCUT2D eigenvalue weighted by atomic mass is 16.2. The molecule has 0 saturated heterocycles. The minimum Gasteiger partial charge on any atom is -0.293 e. The summed E-state index contributed by atoms with van der Waals surface area (Å²) in [6.07, 6.45) is 0. The van der Waals surface area contributed by atoms with Gasteiger partial charge in [-0.1, -0.05) is 109 Å². The number of allylic oxidation sites excluding steroid dienone is 2. The van der Waals surface area contributed by atoms with Crippen LogP contribution in [-0.4, -0.2) is 17.3 Å². The van der Waals surface area contributed by atoms with Crippen molar-refractivity contribution in [3.05, 3.63) is 148 Å². The molecule has 34 heavy (non-hydrogen) atoms. The Morgan fingerprint density at radius 3 is 1.38 bits per heavy atom. The normalized spacial score (nSPS) is 16.9. The molecule has 4 aromatic carbocycles. The first kappa shape index (κ1) is 20.3. The third kappa shape index (κ3) is 2.94. The highest BCUT2D eigenvalue weighted by molar-refractivity contribution is 6.43. The lowest BCUT2D eigenvalue weighted by Gasteiger charge is -2.26. The van der Waals surface area contributed by atoms with Crippen molar-refractivity contribution in [1.82, 2.24) is 0 Å². The Labute approximate surface area is 197 Å². The number of Topliss-reactive ketones (excluding diaryl/α,β-unsaturated/α-hetero) is 3. The van der Waals surface area contributed by atoms with Crippen LogP contribution in [0.15, 0.2) is 115 Å². The molecule has 2 aliphatic carbocycles. The molecule has 3 nitrogen and oxygen atoms in total. The topological polar surface area (TPSA) is 51.2 Å². The Bertz CT molecular complexity index is 1420. The number of ketones is 3. The van der Waals surface area contributed by atoms with Gasteiger partial charge in [0.25, 0.3) is 0 Å². The summed E-state index contributed by atoms with van der Waals surface area (Å²) in [5.41, 5.74) is 4.65. The first-order valence-corrected chi connectivity index (χ1v) is 11.3. The Kier molecular flexibility index (Phi) is 4.70. The van der Waals surface area contributed by atoms with Gasteiger partial charge in [-0.15, -0.1) is 0 Å². The number of benzene rings is 4. The molecule has 0 heterocycles. The van der Waals surface area contributed by atoms with Crippen molar-refractivity contribution in [3.63, 3.8) is 0 Å². The molecule has 0 N–H and O–H groups in total. The molecule has 6 rings (SSSR count). The van der Waals surface area contributed by atoms with E-state index in [2.05, 4.69) is 0 Å². The van der Waals surface area contributed by atoms with Crippen LogP contribution in [0, 0.1) is 5.92 Å². The maximum absolute atomic E-state index is 14.0. The van der Waals surface area contributed by atoms with Crippen molar-refractivity contribution >= 4 is 22.9 Å². The Hall–Kier alpha value is -4.37. The number of rotatable bonds is 3. The smallest absolute Gasteiger partial charge is 0.198 e. The summed E-state index contributed by atoms with van der Waals surface area (Å²) in [6.45, 7) is 0. The molecule has 0 unspecified atom stereocenters. The van der Waals surface area contributed by atoms with Gasteiger partial charge < -0.3 is 0 Å². The van der Waals surface area contributed by atoms with Gasteiger partial charge >= 0.3 is 0 Å². The lowest BCUT2D eigenvalue weighted by Crippen LogP contribution is -2.22. The second-order valence-corrected chi connectivity index (χ2v) is 8.68. The highest BCUT2D eigenvalue weighted by Crippen LogP contribution is 2.50. The van der Waals surface area contributed by atoms with Gasteiger partial charge in [0, 0.05) is 22.6 Å². The molecule has 1 atom stereocenters. The molecule has 0 radical (unpaired) electrons. The summed E-state index contributed by atoms with van der Waals surface area (Å²) in [4.78, 5) is 41.1. The average molecular weight is 440 g/mol. The van der Waals surface area contributed by atoms with Gasteiger partial charge in [-0.2, -0.15) is 0 Å². The second kappa shape index (κ2) is 7.89. The van der Waals surface area contributed by atoms with Gasteiger partial charge in [-0.3, -0.25) is 14.4 Å². The zero-order valence-electron chi connectivity index (χ0n) is 18.3. The van der Waals surface area contributed by atoms with E-state index in [9.17, 15) is 14.4 Å². The van der Waals surface area contributed by atoms with Crippen LogP contribution in [0.25, 0.3) is 5.57 Å². The van der Waals surface area contributed by atoms with E-state index >= 15 is 0 Å². The largest absolute Gasteiger partial charge is 0.293 e. The summed E-state index contributed by atoms with van der Waals surface area (Å²) in [5, 5.41) is 0. The van der Waals surface area contributed by atoms with Gasteiger partial charge in [0.1, 0.15) is 0 Å². The summed E-state index contributed by atoms with van der Waals surface area (Å²) in [5.74, 6) is -1.68. The van der Waals surface area contributed by atoms with Crippen LogP contribution in [0.5, 0.6) is 0 Å². The van der Waals surface area contributed by atoms with E-state index in [4.69, 9.17) is 0 Å². The van der Waals surface area contributed by atoms with Crippen LogP contribution in [0.1, 0.15) is 53.7 Å². The van der Waals surface area contributed by atoms with E-state index in [1.54, 1.807) is 30.3 Å². The van der Waals surface area contributed by atoms with E-state index in [1.807, 2.05) is 78.9 Å². The minimum atomic E-state index is -0.681. The first-order valence-electron chi connectivity index (χ1n) is 11.3. The second-order valence-electron chi connectivity index (χ2n) is 8.68. The average Bonchev–Trinajstić information content (AvgIpc) is 3.31. The SMILES string of the molecule is O=C1C(=C2c3ccccc3C(=O)[C@H]2C(c2ccccc2)c2ccccc2)C(=O)c2ccccc21. The van der Waals surface area contributed by atoms with Crippen LogP contribution in [-0.2, 0) is 0 Å². The maximum atomic E-state index is 14.0. The van der Waals surface area contributed by atoms with E-state index in [-0.39, 0.29) is 28.8 Å². The van der Waals surface area contributed by atoms with Gasteiger partial charge in [0.15, 0.2) is 17.3 Å². The third-order valence-corrected chi connectivity index (χ3v) is 6.87. The maximum Gasteiger partial charge on any atom is 0.198 e. The molecular weight excluding hydrogens is 420 g/mol. The fourth-order valence-electron chi connectivity index (χ4n) is 5.40. The summed E-state index contributed by atoms with van der Waals surface area (Å²) >= 11 is 0. The number of hydrogen-bond acceptors (Lipinski definition) is 3. The molecule has 0 saturated carbocycles. The molecule has 0 amide bonds. The lowest BCUT2D eigenvalue weighted by atomic mass is 9.75. The molecule has 3 heteroatoms. The fraction of sp³-hybridized carbons (Fsp3) is 0.0645. The molecule has 0 fully saturated rings. The highest BCUT2D eigenvalue weighted by Gasteiger charge is 2.47. The summed E-state index contributed by atoms with van der Waals surface area (Å²) in [6, 6.07) is 33.9. The minimum absolute atomic E-state index is 0.0626. The number of hydrogen-bond donors (Lipinski definition) is 0. The van der Waals surface area contributed by atoms with E-state index in [1.165, 1.54) is 0 Å². The quantitative estimate of drug-likeness (QED) is 0.283. The fourth-order valence-corrected chi connectivity index (χ4v) is 5.40. The van der Waals surface area contributed by atoms with Crippen molar-refractivity contribution in [2.45, 2.75) is 5.92 Å². The number of carbonyl (C=O) groups is 3. The summed E-state index contributed by atoms with van der Waals surface area (Å²) in [7, 11) is 0. The Balaban J connectivity index is 1.66. The van der Waals surface area contributed by atoms with Crippen molar-refractivity contribution in [1.29, 1.82) is 0 Å². The van der Waals surface area contributed by atoms with Crippen molar-refractivity contribution in [2.24, 2.45) is 5.92 Å².